The molecule has 7 nitrogen and oxygen atoms in total. The van der Waals surface area contributed by atoms with Gasteiger partial charge in [0.2, 0.25) is 0 Å². The highest BCUT2D eigenvalue weighted by Crippen LogP contribution is 2.37. The van der Waals surface area contributed by atoms with Crippen LogP contribution in [0.5, 0.6) is 5.75 Å². The maximum Gasteiger partial charge on any atom is 0.136 e. The minimum absolute atomic E-state index is 0.0715. The van der Waals surface area contributed by atoms with Gasteiger partial charge in [0.15, 0.2) is 0 Å². The van der Waals surface area contributed by atoms with Gasteiger partial charge in [0.25, 0.3) is 0 Å². The van der Waals surface area contributed by atoms with Gasteiger partial charge in [-0.05, 0) is 79.8 Å². The van der Waals surface area contributed by atoms with Crippen molar-refractivity contribution < 1.29 is 4.74 Å². The van der Waals surface area contributed by atoms with Crippen LogP contribution in [-0.2, 0) is 5.41 Å². The van der Waals surface area contributed by atoms with Crippen LogP contribution >= 0.6 is 0 Å². The first kappa shape index (κ1) is 27.5. The molecule has 1 unspecified atom stereocenters. The summed E-state index contributed by atoms with van der Waals surface area (Å²) in [5.41, 5.74) is 11.5. The number of ether oxygens (including phenoxy) is 1. The molecule has 1 saturated heterocycles. The van der Waals surface area contributed by atoms with Crippen molar-refractivity contribution in [2.75, 3.05) is 26.7 Å². The Morgan fingerprint density at radius 3 is 2.64 bits per heavy atom. The molecule has 3 aliphatic rings. The van der Waals surface area contributed by atoms with E-state index in [0.29, 0.717) is 5.56 Å². The number of hydrogen-bond acceptors (Lipinski definition) is 6. The minimum Gasteiger partial charge on any atom is -0.497 e. The Labute approximate surface area is 247 Å². The summed E-state index contributed by atoms with van der Waals surface area (Å²) >= 11 is 0. The van der Waals surface area contributed by atoms with Crippen molar-refractivity contribution in [3.8, 4) is 23.1 Å². The molecule has 7 heteroatoms. The first-order valence-corrected chi connectivity index (χ1v) is 14.5. The molecular formula is C35H36N6O. The molecule has 1 atom stereocenters. The fourth-order valence-corrected chi connectivity index (χ4v) is 6.05. The number of piperidine rings is 1. The molecule has 3 aromatic rings. The molecule has 0 saturated carbocycles. The monoisotopic (exact) mass is 556 g/mol. The van der Waals surface area contributed by atoms with Crippen molar-refractivity contribution >= 4 is 11.4 Å². The van der Waals surface area contributed by atoms with Crippen LogP contribution in [0.4, 0.5) is 0 Å². The van der Waals surface area contributed by atoms with Gasteiger partial charge in [-0.3, -0.25) is 0 Å². The normalized spacial score (nSPS) is 19.8. The number of aromatic amines is 1. The number of nitrogens with one attached hydrogen (secondary N) is 2. The van der Waals surface area contributed by atoms with E-state index in [0.717, 1.165) is 78.0 Å². The fourth-order valence-electron chi connectivity index (χ4n) is 6.05. The molecule has 42 heavy (non-hydrogen) atoms. The topological polar surface area (TPSA) is 89.3 Å². The van der Waals surface area contributed by atoms with Crippen LogP contribution in [0.2, 0.25) is 0 Å². The average molecular weight is 557 g/mol. The summed E-state index contributed by atoms with van der Waals surface area (Å²) in [6.07, 6.45) is 8.02. The molecule has 2 aromatic carbocycles. The van der Waals surface area contributed by atoms with Gasteiger partial charge in [0.1, 0.15) is 17.4 Å². The zero-order valence-corrected chi connectivity index (χ0v) is 24.7. The van der Waals surface area contributed by atoms with Crippen molar-refractivity contribution in [1.82, 2.24) is 20.2 Å². The minimum atomic E-state index is -0.0715. The van der Waals surface area contributed by atoms with Gasteiger partial charge in [0, 0.05) is 47.9 Å². The van der Waals surface area contributed by atoms with Crippen molar-refractivity contribution in [2.24, 2.45) is 4.99 Å². The molecule has 1 fully saturated rings. The summed E-state index contributed by atoms with van der Waals surface area (Å²) in [6, 6.07) is 18.3. The quantitative estimate of drug-likeness (QED) is 0.381. The van der Waals surface area contributed by atoms with Gasteiger partial charge in [0.05, 0.1) is 30.6 Å². The van der Waals surface area contributed by atoms with Gasteiger partial charge in [-0.2, -0.15) is 5.26 Å². The van der Waals surface area contributed by atoms with Crippen LogP contribution < -0.4 is 10.1 Å². The summed E-state index contributed by atoms with van der Waals surface area (Å²) in [4.78, 5) is 16.1. The SMILES string of the molecule is COc1cccc(-c2nc(C3(C)CCN(C4=NC=C=CC5=C4C=C(c4ccc(C#N)cc4)C(C)NC5)CC3)[nH]c2C)c1. The van der Waals surface area contributed by atoms with E-state index < -0.39 is 0 Å². The van der Waals surface area contributed by atoms with E-state index in [4.69, 9.17) is 14.7 Å². The lowest BCUT2D eigenvalue weighted by Crippen LogP contribution is -2.45. The Morgan fingerprint density at radius 1 is 1.12 bits per heavy atom. The van der Waals surface area contributed by atoms with Crippen molar-refractivity contribution in [1.29, 1.82) is 5.26 Å². The molecule has 0 radical (unpaired) electrons. The van der Waals surface area contributed by atoms with E-state index in [-0.39, 0.29) is 11.5 Å². The van der Waals surface area contributed by atoms with Gasteiger partial charge in [-0.15, -0.1) is 5.73 Å². The smallest absolute Gasteiger partial charge is 0.136 e. The molecule has 0 bridgehead atoms. The lowest BCUT2D eigenvalue weighted by molar-refractivity contribution is 0.233. The number of H-pyrrole nitrogens is 1. The van der Waals surface area contributed by atoms with E-state index in [1.165, 1.54) is 11.1 Å². The number of benzene rings is 2. The van der Waals surface area contributed by atoms with Gasteiger partial charge in [-0.25, -0.2) is 9.98 Å². The zero-order valence-electron chi connectivity index (χ0n) is 24.7. The van der Waals surface area contributed by atoms with Crippen molar-refractivity contribution in [3.63, 3.8) is 0 Å². The van der Waals surface area contributed by atoms with Crippen molar-refractivity contribution in [2.45, 2.75) is 45.1 Å². The van der Waals surface area contributed by atoms with Gasteiger partial charge >= 0.3 is 0 Å². The van der Waals surface area contributed by atoms with Crippen LogP contribution in [0.1, 0.15) is 49.3 Å². The van der Waals surface area contributed by atoms with Crippen LogP contribution in [0, 0.1) is 18.3 Å². The Morgan fingerprint density at radius 2 is 1.90 bits per heavy atom. The lowest BCUT2D eigenvalue weighted by atomic mass is 9.79. The second kappa shape index (κ2) is 11.3. The molecule has 3 aliphatic heterocycles. The van der Waals surface area contributed by atoms with E-state index in [9.17, 15) is 5.26 Å². The van der Waals surface area contributed by atoms with Crippen LogP contribution in [0.3, 0.4) is 0 Å². The molecule has 1 aromatic heterocycles. The number of aliphatic imine (C=N–C) groups is 1. The van der Waals surface area contributed by atoms with E-state index in [1.807, 2.05) is 48.5 Å². The van der Waals surface area contributed by atoms with Crippen molar-refractivity contribution in [3.05, 3.63) is 106 Å². The average Bonchev–Trinajstić information content (AvgIpc) is 3.21. The number of amidine groups is 1. The molecule has 4 heterocycles. The van der Waals surface area contributed by atoms with Crippen LogP contribution in [-0.4, -0.2) is 53.5 Å². The zero-order chi connectivity index (χ0) is 29.3. The summed E-state index contributed by atoms with van der Waals surface area (Å²) in [5.74, 6) is 2.86. The van der Waals surface area contributed by atoms with E-state index >= 15 is 0 Å². The number of aromatic nitrogens is 2. The molecule has 0 aliphatic carbocycles. The molecular weight excluding hydrogens is 520 g/mol. The summed E-state index contributed by atoms with van der Waals surface area (Å²) in [7, 11) is 1.69. The molecule has 0 amide bonds. The Bertz CT molecular complexity index is 1700. The third-order valence-electron chi connectivity index (χ3n) is 8.78. The molecule has 2 N–H and O–H groups in total. The highest BCUT2D eigenvalue weighted by atomic mass is 16.5. The number of likely N-dealkylation sites (tertiary alicyclic amines) is 1. The summed E-state index contributed by atoms with van der Waals surface area (Å²) in [5, 5.41) is 12.9. The summed E-state index contributed by atoms with van der Waals surface area (Å²) < 4.78 is 5.44. The number of aryl methyl sites for hydroxylation is 1. The second-order valence-corrected chi connectivity index (χ2v) is 11.6. The number of rotatable bonds is 4. The van der Waals surface area contributed by atoms with E-state index in [2.05, 4.69) is 59.9 Å². The number of imidazole rings is 1. The van der Waals surface area contributed by atoms with Crippen LogP contribution in [0.15, 0.2) is 88.8 Å². The standard InChI is InChI=1S/C35H36N6O/c1-23-30(26-12-10-25(21-36)11-13-26)20-31-28(22-38-23)8-6-16-37-33(31)41-17-14-35(3,15-18-41)34-39-24(2)32(40-34)27-7-5-9-29(19-27)42-4/h5,7-13,16,19-20,23,38H,14-15,17-18,22H2,1-4H3,(H,39,40). The summed E-state index contributed by atoms with van der Waals surface area (Å²) in [6.45, 7) is 9.07. The third kappa shape index (κ3) is 5.23. The Kier molecular flexibility index (Phi) is 7.43. The highest BCUT2D eigenvalue weighted by molar-refractivity contribution is 6.04. The number of hydrogen-bond donors (Lipinski definition) is 2. The second-order valence-electron chi connectivity index (χ2n) is 11.6. The highest BCUT2D eigenvalue weighted by Gasteiger charge is 2.37. The maximum absolute atomic E-state index is 9.27. The lowest BCUT2D eigenvalue weighted by Gasteiger charge is -2.40. The predicted octanol–water partition coefficient (Wildman–Crippen LogP) is 6.07. The molecule has 6 rings (SSSR count). The first-order valence-electron chi connectivity index (χ1n) is 14.5. The van der Waals surface area contributed by atoms with Gasteiger partial charge in [-0.1, -0.05) is 31.2 Å². The Balaban J connectivity index is 1.26. The number of methoxy groups -OCH3 is 1. The third-order valence-corrected chi connectivity index (χ3v) is 8.78. The number of nitriles is 1. The van der Waals surface area contributed by atoms with Crippen LogP contribution in [0.25, 0.3) is 16.8 Å². The fraction of sp³-hybridized carbons (Fsp3) is 0.314. The van der Waals surface area contributed by atoms with E-state index in [1.54, 1.807) is 13.3 Å². The molecule has 0 spiro atoms. The maximum atomic E-state index is 9.27. The number of nitrogens with zero attached hydrogens (tertiary/aromatic N) is 4. The molecule has 212 valence electrons. The predicted molar refractivity (Wildman–Crippen MR) is 167 cm³/mol. The first-order chi connectivity index (χ1) is 20.4. The largest absolute Gasteiger partial charge is 0.497 e. The Hall–Kier alpha value is -4.63. The van der Waals surface area contributed by atoms with Gasteiger partial charge < -0.3 is 19.9 Å².